The van der Waals surface area contributed by atoms with Crippen LogP contribution in [0.5, 0.6) is 0 Å². The first-order valence-corrected chi connectivity index (χ1v) is 5.42. The first-order chi connectivity index (χ1) is 9.06. The highest BCUT2D eigenvalue weighted by Crippen LogP contribution is 2.16. The van der Waals surface area contributed by atoms with Crippen molar-refractivity contribution in [1.82, 2.24) is 4.98 Å². The number of carboxylic acid groups (broad SMARTS) is 1. The quantitative estimate of drug-likeness (QED) is 0.771. The summed E-state index contributed by atoms with van der Waals surface area (Å²) in [7, 11) is 0. The molecule has 4 N–H and O–H groups in total. The Kier molecular flexibility index (Phi) is 3.42. The summed E-state index contributed by atoms with van der Waals surface area (Å²) >= 11 is 0. The molecule has 0 saturated carbocycles. The highest BCUT2D eigenvalue weighted by atomic mass is 16.4. The molecule has 0 bridgehead atoms. The first-order valence-electron chi connectivity index (χ1n) is 5.42. The lowest BCUT2D eigenvalue weighted by atomic mass is 10.2. The third-order valence-electron chi connectivity index (χ3n) is 2.45. The highest BCUT2D eigenvalue weighted by molar-refractivity contribution is 5.93. The van der Waals surface area contributed by atoms with Crippen LogP contribution >= 0.6 is 0 Å². The molecule has 2 aromatic rings. The van der Waals surface area contributed by atoms with Crippen LogP contribution in [-0.2, 0) is 0 Å². The number of primary amides is 1. The Balaban J connectivity index is 2.19. The third-order valence-corrected chi connectivity index (χ3v) is 2.45. The maximum Gasteiger partial charge on any atom is 0.335 e. The van der Waals surface area contributed by atoms with E-state index >= 15 is 0 Å². The molecule has 1 aromatic carbocycles. The average molecular weight is 257 g/mol. The number of hydrogen-bond acceptors (Lipinski definition) is 4. The number of rotatable bonds is 4. The molecule has 0 aliphatic heterocycles. The number of carboxylic acids is 1. The summed E-state index contributed by atoms with van der Waals surface area (Å²) in [6.07, 6.45) is 1.41. The van der Waals surface area contributed by atoms with Crippen LogP contribution in [0.15, 0.2) is 42.6 Å². The highest BCUT2D eigenvalue weighted by Gasteiger charge is 2.05. The summed E-state index contributed by atoms with van der Waals surface area (Å²) in [6.45, 7) is 0. The van der Waals surface area contributed by atoms with Gasteiger partial charge in [-0.05, 0) is 36.4 Å². The number of benzene rings is 1. The normalized spacial score (nSPS) is 9.89. The van der Waals surface area contributed by atoms with E-state index in [4.69, 9.17) is 10.8 Å². The number of nitrogens with two attached hydrogens (primary N) is 1. The van der Waals surface area contributed by atoms with E-state index in [-0.39, 0.29) is 5.56 Å². The van der Waals surface area contributed by atoms with Crippen molar-refractivity contribution in [2.75, 3.05) is 5.32 Å². The predicted molar refractivity (Wildman–Crippen MR) is 69.4 cm³/mol. The number of amides is 1. The molecule has 0 radical (unpaired) electrons. The van der Waals surface area contributed by atoms with Gasteiger partial charge in [0.05, 0.1) is 5.56 Å². The van der Waals surface area contributed by atoms with Crippen LogP contribution in [0.2, 0.25) is 0 Å². The van der Waals surface area contributed by atoms with Gasteiger partial charge < -0.3 is 16.2 Å². The van der Waals surface area contributed by atoms with Crippen molar-refractivity contribution in [3.05, 3.63) is 53.7 Å². The fourth-order valence-electron chi connectivity index (χ4n) is 1.50. The standard InChI is InChI=1S/C13H11N3O3/c14-12(17)8-1-3-10(4-2-8)16-11-7-9(13(18)19)5-6-15-11/h1-7H,(H2,14,17)(H,15,16)(H,18,19). The topological polar surface area (TPSA) is 105 Å². The van der Waals surface area contributed by atoms with E-state index < -0.39 is 11.9 Å². The second kappa shape index (κ2) is 5.18. The number of aromatic nitrogens is 1. The minimum atomic E-state index is -1.02. The van der Waals surface area contributed by atoms with Gasteiger partial charge in [-0.15, -0.1) is 0 Å². The zero-order valence-electron chi connectivity index (χ0n) is 9.83. The Bertz CT molecular complexity index is 623. The number of anilines is 2. The summed E-state index contributed by atoms with van der Waals surface area (Å²) in [6, 6.07) is 9.30. The summed E-state index contributed by atoms with van der Waals surface area (Å²) in [5.74, 6) is -1.11. The van der Waals surface area contributed by atoms with Crippen molar-refractivity contribution in [1.29, 1.82) is 0 Å². The fourth-order valence-corrected chi connectivity index (χ4v) is 1.50. The van der Waals surface area contributed by atoms with Gasteiger partial charge in [0.1, 0.15) is 5.82 Å². The molecule has 1 amide bonds. The molecule has 0 spiro atoms. The Labute approximate surface area is 108 Å². The zero-order valence-corrected chi connectivity index (χ0v) is 9.83. The van der Waals surface area contributed by atoms with Gasteiger partial charge >= 0.3 is 5.97 Å². The van der Waals surface area contributed by atoms with Gasteiger partial charge in [-0.25, -0.2) is 9.78 Å². The number of carbonyl (C=O) groups excluding carboxylic acids is 1. The van der Waals surface area contributed by atoms with Crippen molar-refractivity contribution in [3.8, 4) is 0 Å². The Morgan fingerprint density at radius 2 is 1.79 bits per heavy atom. The van der Waals surface area contributed by atoms with Crippen LogP contribution in [0.3, 0.4) is 0 Å². The largest absolute Gasteiger partial charge is 0.478 e. The molecule has 6 nitrogen and oxygen atoms in total. The molecule has 0 aliphatic rings. The number of nitrogens with zero attached hydrogens (tertiary/aromatic N) is 1. The summed E-state index contributed by atoms with van der Waals surface area (Å²) < 4.78 is 0. The van der Waals surface area contributed by atoms with E-state index in [0.717, 1.165) is 0 Å². The van der Waals surface area contributed by atoms with Crippen molar-refractivity contribution >= 4 is 23.4 Å². The monoisotopic (exact) mass is 257 g/mol. The van der Waals surface area contributed by atoms with E-state index in [2.05, 4.69) is 10.3 Å². The smallest absolute Gasteiger partial charge is 0.335 e. The van der Waals surface area contributed by atoms with Crippen LogP contribution in [0.1, 0.15) is 20.7 Å². The molecule has 0 unspecified atom stereocenters. The summed E-state index contributed by atoms with van der Waals surface area (Å²) in [4.78, 5) is 25.7. The van der Waals surface area contributed by atoms with E-state index in [1.807, 2.05) is 0 Å². The van der Waals surface area contributed by atoms with Gasteiger partial charge in [-0.3, -0.25) is 4.79 Å². The summed E-state index contributed by atoms with van der Waals surface area (Å²) in [5, 5.41) is 11.8. The van der Waals surface area contributed by atoms with Gasteiger partial charge in [0.15, 0.2) is 0 Å². The van der Waals surface area contributed by atoms with Gasteiger partial charge in [0, 0.05) is 17.4 Å². The number of hydrogen-bond donors (Lipinski definition) is 3. The predicted octanol–water partition coefficient (Wildman–Crippen LogP) is 1.62. The average Bonchev–Trinajstić information content (AvgIpc) is 2.39. The molecular formula is C13H11N3O3. The van der Waals surface area contributed by atoms with Crippen molar-refractivity contribution < 1.29 is 14.7 Å². The first kappa shape index (κ1) is 12.6. The molecule has 19 heavy (non-hydrogen) atoms. The second-order valence-electron chi connectivity index (χ2n) is 3.80. The fraction of sp³-hybridized carbons (Fsp3) is 0. The molecule has 0 saturated heterocycles. The minimum Gasteiger partial charge on any atom is -0.478 e. The van der Waals surface area contributed by atoms with E-state index in [9.17, 15) is 9.59 Å². The summed E-state index contributed by atoms with van der Waals surface area (Å²) in [5.41, 5.74) is 6.36. The van der Waals surface area contributed by atoms with Crippen molar-refractivity contribution in [3.63, 3.8) is 0 Å². The zero-order chi connectivity index (χ0) is 13.8. The molecular weight excluding hydrogens is 246 g/mol. The van der Waals surface area contributed by atoms with Crippen LogP contribution in [0.4, 0.5) is 11.5 Å². The van der Waals surface area contributed by atoms with Crippen molar-refractivity contribution in [2.45, 2.75) is 0 Å². The second-order valence-corrected chi connectivity index (χ2v) is 3.80. The molecule has 2 rings (SSSR count). The minimum absolute atomic E-state index is 0.145. The lowest BCUT2D eigenvalue weighted by molar-refractivity contribution is 0.0696. The molecule has 0 fully saturated rings. The molecule has 1 aromatic heterocycles. The van der Waals surface area contributed by atoms with Crippen LogP contribution in [0, 0.1) is 0 Å². The van der Waals surface area contributed by atoms with Gasteiger partial charge in [-0.2, -0.15) is 0 Å². The lowest BCUT2D eigenvalue weighted by Crippen LogP contribution is -2.10. The molecule has 1 heterocycles. The number of carbonyl (C=O) groups is 2. The van der Waals surface area contributed by atoms with E-state index in [1.165, 1.54) is 18.3 Å². The van der Waals surface area contributed by atoms with E-state index in [0.29, 0.717) is 17.1 Å². The van der Waals surface area contributed by atoms with E-state index in [1.54, 1.807) is 24.3 Å². The number of aromatic carboxylic acids is 1. The molecule has 0 atom stereocenters. The molecule has 0 aliphatic carbocycles. The Morgan fingerprint density at radius 3 is 2.37 bits per heavy atom. The number of nitrogens with one attached hydrogen (secondary N) is 1. The number of pyridine rings is 1. The van der Waals surface area contributed by atoms with Gasteiger partial charge in [0.25, 0.3) is 0 Å². The van der Waals surface area contributed by atoms with Gasteiger partial charge in [-0.1, -0.05) is 0 Å². The Hall–Kier alpha value is -2.89. The lowest BCUT2D eigenvalue weighted by Gasteiger charge is -2.06. The van der Waals surface area contributed by atoms with Crippen LogP contribution < -0.4 is 11.1 Å². The molecule has 96 valence electrons. The third kappa shape index (κ3) is 3.06. The van der Waals surface area contributed by atoms with Gasteiger partial charge in [0.2, 0.25) is 5.91 Å². The maximum atomic E-state index is 10.9. The Morgan fingerprint density at radius 1 is 1.11 bits per heavy atom. The van der Waals surface area contributed by atoms with Crippen molar-refractivity contribution in [2.24, 2.45) is 5.73 Å². The molecule has 6 heteroatoms. The van der Waals surface area contributed by atoms with Crippen LogP contribution in [-0.4, -0.2) is 22.0 Å². The van der Waals surface area contributed by atoms with Crippen LogP contribution in [0.25, 0.3) is 0 Å². The maximum absolute atomic E-state index is 10.9. The SMILES string of the molecule is NC(=O)c1ccc(Nc2cc(C(=O)O)ccn2)cc1.